The molecule has 1 aromatic heterocycles. The number of carbonyl (C=O) groups excluding carboxylic acids is 1. The van der Waals surface area contributed by atoms with Crippen molar-refractivity contribution < 1.29 is 18.3 Å². The SMILES string of the molecule is COc1ccc2c(C)c(C(=O)NC[C@H]3CCN(c4ccc(F)cc4)C3)oc2c1. The molecule has 1 N–H and O–H groups in total. The molecule has 1 saturated heterocycles. The lowest BCUT2D eigenvalue weighted by atomic mass is 10.1. The zero-order valence-electron chi connectivity index (χ0n) is 16.0. The number of furan rings is 1. The summed E-state index contributed by atoms with van der Waals surface area (Å²) in [6, 6.07) is 12.1. The summed E-state index contributed by atoms with van der Waals surface area (Å²) in [5, 5.41) is 3.91. The Kier molecular flexibility index (Phi) is 4.94. The third-order valence-corrected chi connectivity index (χ3v) is 5.38. The van der Waals surface area contributed by atoms with E-state index >= 15 is 0 Å². The van der Waals surface area contributed by atoms with Crippen molar-refractivity contribution in [1.29, 1.82) is 0 Å². The molecule has 0 spiro atoms. The van der Waals surface area contributed by atoms with Crippen LogP contribution in [0.1, 0.15) is 22.5 Å². The van der Waals surface area contributed by atoms with Gasteiger partial charge in [-0.15, -0.1) is 0 Å². The van der Waals surface area contributed by atoms with Crippen LogP contribution in [0, 0.1) is 18.7 Å². The zero-order valence-corrected chi connectivity index (χ0v) is 16.0. The summed E-state index contributed by atoms with van der Waals surface area (Å²) in [6.07, 6.45) is 0.980. The molecule has 5 nitrogen and oxygen atoms in total. The van der Waals surface area contributed by atoms with Crippen LogP contribution in [0.5, 0.6) is 5.75 Å². The van der Waals surface area contributed by atoms with Gasteiger partial charge in [0.1, 0.15) is 17.1 Å². The molecule has 1 aliphatic heterocycles. The van der Waals surface area contributed by atoms with E-state index < -0.39 is 0 Å². The van der Waals surface area contributed by atoms with Crippen LogP contribution >= 0.6 is 0 Å². The van der Waals surface area contributed by atoms with Crippen molar-refractivity contribution in [3.63, 3.8) is 0 Å². The Morgan fingerprint density at radius 1 is 1.29 bits per heavy atom. The van der Waals surface area contributed by atoms with Crippen molar-refractivity contribution in [3.05, 3.63) is 59.6 Å². The average molecular weight is 382 g/mol. The van der Waals surface area contributed by atoms with Gasteiger partial charge in [-0.1, -0.05) is 0 Å². The van der Waals surface area contributed by atoms with E-state index in [0.717, 1.165) is 36.1 Å². The summed E-state index contributed by atoms with van der Waals surface area (Å²) in [6.45, 7) is 4.20. The number of methoxy groups -OCH3 is 1. The number of rotatable bonds is 5. The van der Waals surface area contributed by atoms with Gasteiger partial charge in [-0.25, -0.2) is 4.39 Å². The molecule has 0 radical (unpaired) electrons. The fourth-order valence-corrected chi connectivity index (χ4v) is 3.75. The summed E-state index contributed by atoms with van der Waals surface area (Å²) < 4.78 is 24.1. The van der Waals surface area contributed by atoms with E-state index in [2.05, 4.69) is 10.2 Å². The number of hydrogen-bond acceptors (Lipinski definition) is 4. The predicted octanol–water partition coefficient (Wildman–Crippen LogP) is 4.15. The van der Waals surface area contributed by atoms with Crippen molar-refractivity contribution in [1.82, 2.24) is 5.32 Å². The number of anilines is 1. The molecule has 28 heavy (non-hydrogen) atoms. The first-order valence-electron chi connectivity index (χ1n) is 9.41. The van der Waals surface area contributed by atoms with Crippen LogP contribution in [0.25, 0.3) is 11.0 Å². The number of aryl methyl sites for hydroxylation is 1. The van der Waals surface area contributed by atoms with Crippen LogP contribution in [-0.4, -0.2) is 32.7 Å². The van der Waals surface area contributed by atoms with Gasteiger partial charge in [0, 0.05) is 42.3 Å². The molecule has 6 heteroatoms. The van der Waals surface area contributed by atoms with Crippen LogP contribution in [0.3, 0.4) is 0 Å². The highest BCUT2D eigenvalue weighted by Gasteiger charge is 2.24. The Morgan fingerprint density at radius 2 is 2.07 bits per heavy atom. The van der Waals surface area contributed by atoms with E-state index in [1.807, 2.05) is 19.1 Å². The van der Waals surface area contributed by atoms with E-state index in [1.54, 1.807) is 25.3 Å². The van der Waals surface area contributed by atoms with Crippen LogP contribution in [0.4, 0.5) is 10.1 Å². The second-order valence-corrected chi connectivity index (χ2v) is 7.21. The molecule has 3 aromatic rings. The third kappa shape index (κ3) is 3.54. The maximum Gasteiger partial charge on any atom is 0.287 e. The number of fused-ring (bicyclic) bond motifs is 1. The van der Waals surface area contributed by atoms with E-state index in [0.29, 0.717) is 29.6 Å². The van der Waals surface area contributed by atoms with Crippen molar-refractivity contribution >= 4 is 22.6 Å². The molecule has 0 unspecified atom stereocenters. The first kappa shape index (κ1) is 18.3. The average Bonchev–Trinajstić information content (AvgIpc) is 3.31. The quantitative estimate of drug-likeness (QED) is 0.720. The molecule has 1 atom stereocenters. The van der Waals surface area contributed by atoms with Crippen LogP contribution in [-0.2, 0) is 0 Å². The Morgan fingerprint density at radius 3 is 2.82 bits per heavy atom. The topological polar surface area (TPSA) is 54.7 Å². The van der Waals surface area contributed by atoms with Crippen LogP contribution < -0.4 is 15.0 Å². The molecule has 1 fully saturated rings. The molecule has 0 aliphatic carbocycles. The Labute approximate surface area is 163 Å². The van der Waals surface area contributed by atoms with E-state index in [4.69, 9.17) is 9.15 Å². The van der Waals surface area contributed by atoms with E-state index in [-0.39, 0.29) is 11.7 Å². The standard InChI is InChI=1S/C22H23FN2O3/c1-14-19-8-7-18(27-2)11-20(19)28-21(14)22(26)24-12-15-9-10-25(13-15)17-5-3-16(23)4-6-17/h3-8,11,15H,9-10,12-13H2,1-2H3,(H,24,26)/t15-/m1/s1. The van der Waals surface area contributed by atoms with Crippen molar-refractivity contribution in [3.8, 4) is 5.75 Å². The van der Waals surface area contributed by atoms with Gasteiger partial charge in [0.2, 0.25) is 0 Å². The van der Waals surface area contributed by atoms with Crippen molar-refractivity contribution in [2.75, 3.05) is 31.6 Å². The first-order valence-corrected chi connectivity index (χ1v) is 9.41. The molecule has 4 rings (SSSR count). The van der Waals surface area contributed by atoms with Gasteiger partial charge in [0.15, 0.2) is 5.76 Å². The number of amides is 1. The Balaban J connectivity index is 1.39. The summed E-state index contributed by atoms with van der Waals surface area (Å²) in [5.74, 6) is 0.953. The number of carbonyl (C=O) groups is 1. The monoisotopic (exact) mass is 382 g/mol. The predicted molar refractivity (Wildman–Crippen MR) is 107 cm³/mol. The van der Waals surface area contributed by atoms with Crippen LogP contribution in [0.2, 0.25) is 0 Å². The van der Waals surface area contributed by atoms with Crippen molar-refractivity contribution in [2.24, 2.45) is 5.92 Å². The lowest BCUT2D eigenvalue weighted by molar-refractivity contribution is 0.0922. The lowest BCUT2D eigenvalue weighted by Crippen LogP contribution is -2.31. The normalized spacial score (nSPS) is 16.5. The largest absolute Gasteiger partial charge is 0.497 e. The van der Waals surface area contributed by atoms with Gasteiger partial charge in [0.05, 0.1) is 7.11 Å². The highest BCUT2D eigenvalue weighted by Crippen LogP contribution is 2.29. The second-order valence-electron chi connectivity index (χ2n) is 7.21. The smallest absolute Gasteiger partial charge is 0.287 e. The minimum Gasteiger partial charge on any atom is -0.497 e. The fourth-order valence-electron chi connectivity index (χ4n) is 3.75. The maximum atomic E-state index is 13.1. The van der Waals surface area contributed by atoms with Crippen LogP contribution in [0.15, 0.2) is 46.9 Å². The first-order chi connectivity index (χ1) is 13.5. The third-order valence-electron chi connectivity index (χ3n) is 5.38. The molecule has 146 valence electrons. The summed E-state index contributed by atoms with van der Waals surface area (Å²) in [5.41, 5.74) is 2.48. The number of hydrogen-bond donors (Lipinski definition) is 1. The van der Waals surface area contributed by atoms with Gasteiger partial charge < -0.3 is 19.4 Å². The van der Waals surface area contributed by atoms with Crippen molar-refractivity contribution in [2.45, 2.75) is 13.3 Å². The zero-order chi connectivity index (χ0) is 19.7. The van der Waals surface area contributed by atoms with E-state index in [9.17, 15) is 9.18 Å². The Bertz CT molecular complexity index is 997. The minimum atomic E-state index is -0.231. The fraction of sp³-hybridized carbons (Fsp3) is 0.318. The van der Waals surface area contributed by atoms with Gasteiger partial charge in [0.25, 0.3) is 5.91 Å². The molecule has 0 bridgehead atoms. The minimum absolute atomic E-state index is 0.201. The summed E-state index contributed by atoms with van der Waals surface area (Å²) >= 11 is 0. The highest BCUT2D eigenvalue weighted by molar-refractivity contribution is 5.99. The molecule has 2 heterocycles. The molecule has 2 aromatic carbocycles. The Hall–Kier alpha value is -3.02. The molecular formula is C22H23FN2O3. The maximum absolute atomic E-state index is 13.1. The van der Waals surface area contributed by atoms with E-state index in [1.165, 1.54) is 12.1 Å². The number of ether oxygens (including phenoxy) is 1. The summed E-state index contributed by atoms with van der Waals surface area (Å²) in [7, 11) is 1.60. The second kappa shape index (κ2) is 7.54. The number of nitrogens with one attached hydrogen (secondary N) is 1. The number of halogens is 1. The van der Waals surface area contributed by atoms with Gasteiger partial charge in [-0.3, -0.25) is 4.79 Å². The molecule has 0 saturated carbocycles. The lowest BCUT2D eigenvalue weighted by Gasteiger charge is -2.18. The molecule has 1 amide bonds. The number of benzene rings is 2. The highest BCUT2D eigenvalue weighted by atomic mass is 19.1. The molecule has 1 aliphatic rings. The van der Waals surface area contributed by atoms with Gasteiger partial charge in [-0.05, 0) is 55.7 Å². The molecular weight excluding hydrogens is 359 g/mol. The number of nitrogens with zero attached hydrogens (tertiary/aromatic N) is 1. The summed E-state index contributed by atoms with van der Waals surface area (Å²) in [4.78, 5) is 14.9. The van der Waals surface area contributed by atoms with Gasteiger partial charge in [-0.2, -0.15) is 0 Å². The van der Waals surface area contributed by atoms with Gasteiger partial charge >= 0.3 is 0 Å².